The number of hydrogen-bond acceptors (Lipinski definition) is 4. The first-order valence-corrected chi connectivity index (χ1v) is 11.4. The van der Waals surface area contributed by atoms with Crippen LogP contribution in [0.15, 0.2) is 53.4 Å². The number of nitrogens with one attached hydrogen (secondary N) is 1. The molecule has 30 heavy (non-hydrogen) atoms. The van der Waals surface area contributed by atoms with E-state index in [9.17, 15) is 17.6 Å². The minimum absolute atomic E-state index is 0.0377. The van der Waals surface area contributed by atoms with Crippen LogP contribution >= 0.6 is 0 Å². The van der Waals surface area contributed by atoms with E-state index in [-0.39, 0.29) is 28.4 Å². The Morgan fingerprint density at radius 3 is 2.40 bits per heavy atom. The van der Waals surface area contributed by atoms with Crippen LogP contribution < -0.4 is 4.72 Å². The third kappa shape index (κ3) is 3.48. The summed E-state index contributed by atoms with van der Waals surface area (Å²) in [6, 6.07) is 11.0. The summed E-state index contributed by atoms with van der Waals surface area (Å²) in [6.07, 6.45) is 1.15. The fourth-order valence-corrected chi connectivity index (χ4v) is 5.98. The van der Waals surface area contributed by atoms with Crippen LogP contribution in [0, 0.1) is 17.2 Å². The molecule has 160 valence electrons. The molecule has 1 aliphatic heterocycles. The fraction of sp³-hybridized carbons (Fsp3) is 0.409. The second-order valence-corrected chi connectivity index (χ2v) is 10.2. The number of amides is 1. The molecule has 1 amide bonds. The number of hydrogen-bond donors (Lipinski definition) is 1. The van der Waals surface area contributed by atoms with Gasteiger partial charge in [-0.25, -0.2) is 12.8 Å². The summed E-state index contributed by atoms with van der Waals surface area (Å²) in [7, 11) is -2.03. The fourth-order valence-electron chi connectivity index (χ4n) is 4.92. The van der Waals surface area contributed by atoms with Gasteiger partial charge in [0.25, 0.3) is 15.9 Å². The molecule has 2 aromatic carbocycles. The van der Waals surface area contributed by atoms with E-state index < -0.39 is 15.8 Å². The molecule has 0 radical (unpaired) electrons. The van der Waals surface area contributed by atoms with E-state index in [0.29, 0.717) is 17.2 Å². The second kappa shape index (κ2) is 7.35. The van der Waals surface area contributed by atoms with Crippen molar-refractivity contribution in [3.63, 3.8) is 0 Å². The van der Waals surface area contributed by atoms with Gasteiger partial charge in [-0.05, 0) is 55.0 Å². The van der Waals surface area contributed by atoms with Crippen LogP contribution in [0.5, 0.6) is 0 Å². The van der Waals surface area contributed by atoms with E-state index in [2.05, 4.69) is 18.6 Å². The Morgan fingerprint density at radius 1 is 1.13 bits per heavy atom. The summed E-state index contributed by atoms with van der Waals surface area (Å²) in [5, 5.41) is 0. The molecule has 3 atom stereocenters. The predicted molar refractivity (Wildman–Crippen MR) is 111 cm³/mol. The number of fused-ring (bicyclic) bond motifs is 1. The molecule has 0 unspecified atom stereocenters. The lowest BCUT2D eigenvalue weighted by Crippen LogP contribution is -2.66. The third-order valence-electron chi connectivity index (χ3n) is 6.28. The molecule has 1 N–H and O–H groups in total. The Morgan fingerprint density at radius 2 is 1.77 bits per heavy atom. The molecule has 1 saturated heterocycles. The van der Waals surface area contributed by atoms with Crippen molar-refractivity contribution in [3.05, 3.63) is 59.9 Å². The number of ether oxygens (including phenoxy) is 1. The molecule has 2 aliphatic rings. The number of anilines is 1. The maximum Gasteiger partial charge on any atom is 0.261 e. The van der Waals surface area contributed by atoms with Crippen molar-refractivity contribution in [1.29, 1.82) is 0 Å². The van der Waals surface area contributed by atoms with Gasteiger partial charge in [0.15, 0.2) is 0 Å². The summed E-state index contributed by atoms with van der Waals surface area (Å²) in [4.78, 5) is 14.8. The summed E-state index contributed by atoms with van der Waals surface area (Å²) in [6.45, 7) is 4.99. The van der Waals surface area contributed by atoms with Gasteiger partial charge in [-0.2, -0.15) is 0 Å². The number of nitrogens with zero attached hydrogens (tertiary/aromatic N) is 1. The zero-order valence-corrected chi connectivity index (χ0v) is 17.9. The van der Waals surface area contributed by atoms with Crippen molar-refractivity contribution in [1.82, 2.24) is 4.90 Å². The summed E-state index contributed by atoms with van der Waals surface area (Å²) >= 11 is 0. The highest BCUT2D eigenvalue weighted by Gasteiger charge is 2.61. The normalized spacial score (nSPS) is 24.6. The van der Waals surface area contributed by atoms with E-state index in [1.54, 1.807) is 29.2 Å². The van der Waals surface area contributed by atoms with Crippen molar-refractivity contribution in [2.24, 2.45) is 11.3 Å². The highest BCUT2D eigenvalue weighted by atomic mass is 32.2. The minimum atomic E-state index is -3.84. The first kappa shape index (κ1) is 20.8. The van der Waals surface area contributed by atoms with Crippen LogP contribution in [-0.2, 0) is 14.8 Å². The average Bonchev–Trinajstić information content (AvgIpc) is 3.14. The van der Waals surface area contributed by atoms with Gasteiger partial charge < -0.3 is 9.64 Å². The molecule has 2 aromatic rings. The third-order valence-corrected chi connectivity index (χ3v) is 7.68. The Bertz CT molecular complexity index is 1050. The molecule has 1 heterocycles. The van der Waals surface area contributed by atoms with Gasteiger partial charge in [0, 0.05) is 42.3 Å². The number of sulfonamides is 1. The molecule has 2 fully saturated rings. The van der Waals surface area contributed by atoms with E-state index >= 15 is 0 Å². The lowest BCUT2D eigenvalue weighted by atomic mass is 9.56. The Balaban J connectivity index is 1.47. The maximum atomic E-state index is 13.0. The lowest BCUT2D eigenvalue weighted by Gasteiger charge is -2.57. The zero-order chi connectivity index (χ0) is 21.7. The summed E-state index contributed by atoms with van der Waals surface area (Å²) < 4.78 is 46.2. The first-order valence-electron chi connectivity index (χ1n) is 9.88. The number of halogens is 1. The Labute approximate surface area is 176 Å². The molecule has 0 bridgehead atoms. The zero-order valence-electron chi connectivity index (χ0n) is 17.1. The molecule has 0 aromatic heterocycles. The van der Waals surface area contributed by atoms with Crippen LogP contribution in [0.25, 0.3) is 0 Å². The highest BCUT2D eigenvalue weighted by Crippen LogP contribution is 2.54. The number of benzene rings is 2. The summed E-state index contributed by atoms with van der Waals surface area (Å²) in [5.41, 5.74) is 0.711. The van der Waals surface area contributed by atoms with Gasteiger partial charge in [0.05, 0.1) is 11.0 Å². The molecule has 6 nitrogen and oxygen atoms in total. The topological polar surface area (TPSA) is 75.7 Å². The van der Waals surface area contributed by atoms with Crippen LogP contribution in [-0.4, -0.2) is 45.0 Å². The smallest absolute Gasteiger partial charge is 0.261 e. The largest absolute Gasteiger partial charge is 0.377 e. The number of rotatable bonds is 5. The van der Waals surface area contributed by atoms with E-state index in [1.165, 1.54) is 12.1 Å². The highest BCUT2D eigenvalue weighted by molar-refractivity contribution is 7.92. The van der Waals surface area contributed by atoms with Crippen LogP contribution in [0.3, 0.4) is 0 Å². The number of carbonyl (C=O) groups excluding carboxylic acids is 1. The van der Waals surface area contributed by atoms with Gasteiger partial charge in [-0.15, -0.1) is 0 Å². The molecular formula is C22H25FN2O4S. The van der Waals surface area contributed by atoms with E-state index in [4.69, 9.17) is 4.74 Å². The van der Waals surface area contributed by atoms with Crippen molar-refractivity contribution >= 4 is 21.6 Å². The molecule has 1 aliphatic carbocycles. The quantitative estimate of drug-likeness (QED) is 0.785. The van der Waals surface area contributed by atoms with Gasteiger partial charge >= 0.3 is 0 Å². The van der Waals surface area contributed by atoms with Crippen molar-refractivity contribution in [2.45, 2.75) is 37.3 Å². The van der Waals surface area contributed by atoms with Crippen LogP contribution in [0.4, 0.5) is 10.1 Å². The molecule has 1 saturated carbocycles. The van der Waals surface area contributed by atoms with Crippen LogP contribution in [0.2, 0.25) is 0 Å². The van der Waals surface area contributed by atoms with E-state index in [0.717, 1.165) is 25.2 Å². The van der Waals surface area contributed by atoms with Crippen LogP contribution in [0.1, 0.15) is 30.6 Å². The Kier molecular flexibility index (Phi) is 5.10. The minimum Gasteiger partial charge on any atom is -0.377 e. The van der Waals surface area contributed by atoms with Crippen molar-refractivity contribution in [2.75, 3.05) is 18.4 Å². The van der Waals surface area contributed by atoms with Gasteiger partial charge in [-0.1, -0.05) is 13.8 Å². The lowest BCUT2D eigenvalue weighted by molar-refractivity contribution is -0.139. The molecule has 8 heteroatoms. The van der Waals surface area contributed by atoms with Crippen molar-refractivity contribution < 1.29 is 22.3 Å². The summed E-state index contributed by atoms with van der Waals surface area (Å²) in [5.74, 6) is -0.256. The van der Waals surface area contributed by atoms with E-state index in [1.807, 2.05) is 7.05 Å². The van der Waals surface area contributed by atoms with Gasteiger partial charge in [0.2, 0.25) is 0 Å². The SMILES string of the molecule is CN(C(=O)c1ccc(NS(=O)(=O)c2ccc(F)cc2)cc1)[C@@H]1[C@H]2CCO[C@H]2C1(C)C. The monoisotopic (exact) mass is 432 g/mol. The second-order valence-electron chi connectivity index (χ2n) is 8.56. The average molecular weight is 433 g/mol. The van der Waals surface area contributed by atoms with Gasteiger partial charge in [-0.3, -0.25) is 9.52 Å². The Hall–Kier alpha value is -2.45. The first-order chi connectivity index (χ1) is 14.1. The standard InChI is InChI=1S/C22H25FN2O4S/c1-22(2)19(18-12-13-29-20(18)22)25(3)21(26)14-4-8-16(9-5-14)24-30(27,28)17-10-6-15(23)7-11-17/h4-11,18-20,24H,12-13H2,1-3H3/t18-,19-,20-/m1/s1. The van der Waals surface area contributed by atoms with Crippen molar-refractivity contribution in [3.8, 4) is 0 Å². The maximum absolute atomic E-state index is 13.0. The molecular weight excluding hydrogens is 407 g/mol. The molecule has 4 rings (SSSR count). The van der Waals surface area contributed by atoms with Gasteiger partial charge in [0.1, 0.15) is 5.82 Å². The number of carbonyl (C=O) groups is 1. The predicted octanol–water partition coefficient (Wildman–Crippen LogP) is 3.51. The molecule has 0 spiro atoms.